The molecule has 1 aliphatic rings. The molecule has 0 aromatic carbocycles. The molecule has 46 valence electrons. The van der Waals surface area contributed by atoms with Gasteiger partial charge in [-0.25, -0.2) is 0 Å². The van der Waals surface area contributed by atoms with Crippen molar-refractivity contribution in [2.45, 2.75) is 4.83 Å². The lowest BCUT2D eigenvalue weighted by atomic mass is 10.3. The highest BCUT2D eigenvalue weighted by Gasteiger charge is 2.10. The first-order chi connectivity index (χ1) is 2.39. The Morgan fingerprint density at radius 3 is 1.57 bits per heavy atom. The molecule has 0 unspecified atom stereocenters. The SMILES string of the molecule is Br.Br.BrC1CNC1. The maximum atomic E-state index is 3.40. The standard InChI is InChI=1S/C3H6BrN.2BrH/c4-3-1-5-2-3;;/h3,5H,1-2H2;2*1H. The molecule has 1 heterocycles. The van der Waals surface area contributed by atoms with E-state index in [0.29, 0.717) is 0 Å². The lowest BCUT2D eigenvalue weighted by Gasteiger charge is -2.19. The third-order valence-corrected chi connectivity index (χ3v) is 1.38. The summed E-state index contributed by atoms with van der Waals surface area (Å²) in [5.74, 6) is 0. The second-order valence-corrected chi connectivity index (χ2v) is 2.55. The molecule has 0 saturated carbocycles. The molecule has 1 rings (SSSR count). The number of hydrogen-bond acceptors (Lipinski definition) is 1. The predicted octanol–water partition coefficient (Wildman–Crippen LogP) is 1.51. The zero-order chi connectivity index (χ0) is 3.70. The van der Waals surface area contributed by atoms with E-state index in [1.54, 1.807) is 0 Å². The van der Waals surface area contributed by atoms with Crippen molar-refractivity contribution >= 4 is 49.9 Å². The van der Waals surface area contributed by atoms with E-state index >= 15 is 0 Å². The van der Waals surface area contributed by atoms with Gasteiger partial charge in [0.25, 0.3) is 0 Å². The van der Waals surface area contributed by atoms with Crippen LogP contribution < -0.4 is 5.32 Å². The van der Waals surface area contributed by atoms with Crippen molar-refractivity contribution < 1.29 is 0 Å². The van der Waals surface area contributed by atoms with E-state index in [2.05, 4.69) is 21.2 Å². The van der Waals surface area contributed by atoms with Crippen LogP contribution in [-0.2, 0) is 0 Å². The quantitative estimate of drug-likeness (QED) is 0.669. The zero-order valence-electron chi connectivity index (χ0n) is 3.69. The normalized spacial score (nSPS) is 18.4. The largest absolute Gasteiger partial charge is 0.314 e. The fourth-order valence-electron chi connectivity index (χ4n) is 0.253. The molecule has 1 fully saturated rings. The number of rotatable bonds is 0. The summed E-state index contributed by atoms with van der Waals surface area (Å²) in [5.41, 5.74) is 0. The van der Waals surface area contributed by atoms with Crippen molar-refractivity contribution in [2.24, 2.45) is 0 Å². The van der Waals surface area contributed by atoms with Gasteiger partial charge in [0, 0.05) is 17.9 Å². The van der Waals surface area contributed by atoms with Gasteiger partial charge in [0.1, 0.15) is 0 Å². The fourth-order valence-corrected chi connectivity index (χ4v) is 0.711. The molecule has 1 N–H and O–H groups in total. The summed E-state index contributed by atoms with van der Waals surface area (Å²) in [6.45, 7) is 2.31. The molecule has 0 amide bonds. The minimum atomic E-state index is 0. The van der Waals surface area contributed by atoms with E-state index in [9.17, 15) is 0 Å². The summed E-state index contributed by atoms with van der Waals surface area (Å²) >= 11 is 3.40. The van der Waals surface area contributed by atoms with Crippen molar-refractivity contribution in [3.63, 3.8) is 0 Å². The first-order valence-corrected chi connectivity index (χ1v) is 2.66. The van der Waals surface area contributed by atoms with Gasteiger partial charge >= 0.3 is 0 Å². The molecule has 0 aromatic heterocycles. The van der Waals surface area contributed by atoms with Crippen LogP contribution in [0, 0.1) is 0 Å². The van der Waals surface area contributed by atoms with Crippen molar-refractivity contribution in [3.05, 3.63) is 0 Å². The van der Waals surface area contributed by atoms with E-state index in [1.807, 2.05) is 0 Å². The predicted molar refractivity (Wildman–Crippen MR) is 46.2 cm³/mol. The summed E-state index contributed by atoms with van der Waals surface area (Å²) < 4.78 is 0. The molecular formula is C3H8Br3N. The van der Waals surface area contributed by atoms with Gasteiger partial charge in [-0.15, -0.1) is 34.0 Å². The van der Waals surface area contributed by atoms with E-state index in [0.717, 1.165) is 17.9 Å². The Hall–Kier alpha value is 1.40. The van der Waals surface area contributed by atoms with Crippen LogP contribution >= 0.6 is 49.9 Å². The van der Waals surface area contributed by atoms with Gasteiger partial charge in [0.15, 0.2) is 0 Å². The van der Waals surface area contributed by atoms with E-state index in [4.69, 9.17) is 0 Å². The fraction of sp³-hybridized carbons (Fsp3) is 1.00. The topological polar surface area (TPSA) is 12.0 Å². The third kappa shape index (κ3) is 3.94. The average molecular weight is 298 g/mol. The Kier molecular flexibility index (Phi) is 8.88. The minimum absolute atomic E-state index is 0. The average Bonchev–Trinajstić information content (AvgIpc) is 1.30. The van der Waals surface area contributed by atoms with Crippen LogP contribution in [0.1, 0.15) is 0 Å². The van der Waals surface area contributed by atoms with Gasteiger partial charge in [-0.05, 0) is 0 Å². The molecule has 0 aliphatic carbocycles. The summed E-state index contributed by atoms with van der Waals surface area (Å²) in [5, 5.41) is 3.11. The van der Waals surface area contributed by atoms with Crippen LogP contribution in [0.2, 0.25) is 0 Å². The second kappa shape index (κ2) is 5.54. The van der Waals surface area contributed by atoms with E-state index in [-0.39, 0.29) is 34.0 Å². The lowest BCUT2D eigenvalue weighted by Crippen LogP contribution is -2.42. The first-order valence-electron chi connectivity index (χ1n) is 1.74. The molecule has 0 radical (unpaired) electrons. The van der Waals surface area contributed by atoms with Gasteiger partial charge in [0.05, 0.1) is 0 Å². The lowest BCUT2D eigenvalue weighted by molar-refractivity contribution is 0.551. The van der Waals surface area contributed by atoms with Crippen molar-refractivity contribution in [2.75, 3.05) is 13.1 Å². The highest BCUT2D eigenvalue weighted by Crippen LogP contribution is 2.01. The molecule has 0 atom stereocenters. The number of halogens is 3. The molecule has 1 nitrogen and oxygen atoms in total. The first kappa shape index (κ1) is 11.2. The van der Waals surface area contributed by atoms with Gasteiger partial charge in [-0.2, -0.15) is 0 Å². The van der Waals surface area contributed by atoms with Crippen LogP contribution in [0.5, 0.6) is 0 Å². The Labute approximate surface area is 72.9 Å². The van der Waals surface area contributed by atoms with E-state index < -0.39 is 0 Å². The third-order valence-electron chi connectivity index (χ3n) is 0.732. The monoisotopic (exact) mass is 295 g/mol. The maximum Gasteiger partial charge on any atom is 0.0395 e. The number of nitrogens with one attached hydrogen (secondary N) is 1. The molecular weight excluding hydrogens is 290 g/mol. The molecule has 1 aliphatic heterocycles. The Morgan fingerprint density at radius 2 is 1.57 bits per heavy atom. The summed E-state index contributed by atoms with van der Waals surface area (Å²) in [4.78, 5) is 0.766. The van der Waals surface area contributed by atoms with Gasteiger partial charge < -0.3 is 5.32 Å². The van der Waals surface area contributed by atoms with E-state index in [1.165, 1.54) is 0 Å². The minimum Gasteiger partial charge on any atom is -0.314 e. The zero-order valence-corrected chi connectivity index (χ0v) is 8.70. The van der Waals surface area contributed by atoms with Crippen LogP contribution in [0.3, 0.4) is 0 Å². The number of alkyl halides is 1. The summed E-state index contributed by atoms with van der Waals surface area (Å²) in [6.07, 6.45) is 0. The second-order valence-electron chi connectivity index (χ2n) is 1.26. The number of hydrogen-bond donors (Lipinski definition) is 1. The molecule has 0 aromatic rings. The summed E-state index contributed by atoms with van der Waals surface area (Å²) in [7, 11) is 0. The van der Waals surface area contributed by atoms with Gasteiger partial charge in [0.2, 0.25) is 0 Å². The van der Waals surface area contributed by atoms with Crippen molar-refractivity contribution in [1.29, 1.82) is 0 Å². The highest BCUT2D eigenvalue weighted by molar-refractivity contribution is 9.09. The molecule has 7 heavy (non-hydrogen) atoms. The van der Waals surface area contributed by atoms with Crippen molar-refractivity contribution in [1.82, 2.24) is 5.32 Å². The van der Waals surface area contributed by atoms with Crippen LogP contribution in [0.25, 0.3) is 0 Å². The molecule has 4 heteroatoms. The maximum absolute atomic E-state index is 3.40. The smallest absolute Gasteiger partial charge is 0.0395 e. The highest BCUT2D eigenvalue weighted by atomic mass is 79.9. The van der Waals surface area contributed by atoms with Gasteiger partial charge in [-0.3, -0.25) is 0 Å². The Balaban J connectivity index is 0. The Morgan fingerprint density at radius 1 is 1.29 bits per heavy atom. The molecule has 0 bridgehead atoms. The van der Waals surface area contributed by atoms with Gasteiger partial charge in [-0.1, -0.05) is 15.9 Å². The Bertz CT molecular complexity index is 37.2. The summed E-state index contributed by atoms with van der Waals surface area (Å²) in [6, 6.07) is 0. The molecule has 0 spiro atoms. The van der Waals surface area contributed by atoms with Crippen molar-refractivity contribution in [3.8, 4) is 0 Å². The van der Waals surface area contributed by atoms with Crippen LogP contribution in [0.15, 0.2) is 0 Å². The van der Waals surface area contributed by atoms with Crippen LogP contribution in [-0.4, -0.2) is 17.9 Å². The molecule has 1 saturated heterocycles. The van der Waals surface area contributed by atoms with Crippen LogP contribution in [0.4, 0.5) is 0 Å².